The van der Waals surface area contributed by atoms with Gasteiger partial charge in [0.2, 0.25) is 11.8 Å². The van der Waals surface area contributed by atoms with Crippen LogP contribution < -0.4 is 4.90 Å². The highest BCUT2D eigenvalue weighted by molar-refractivity contribution is 6.31. The highest BCUT2D eigenvalue weighted by Gasteiger charge is 2.62. The molecule has 1 saturated carbocycles. The van der Waals surface area contributed by atoms with Crippen LogP contribution in [-0.2, 0) is 15.8 Å². The molecular weight excluding hydrogens is 427 g/mol. The first-order valence-electron chi connectivity index (χ1n) is 9.89. The van der Waals surface area contributed by atoms with E-state index in [0.717, 1.165) is 33.7 Å². The predicted molar refractivity (Wildman–Crippen MR) is 111 cm³/mol. The number of benzene rings is 2. The van der Waals surface area contributed by atoms with Gasteiger partial charge in [0, 0.05) is 11.8 Å². The van der Waals surface area contributed by atoms with Crippen molar-refractivity contribution < 1.29 is 22.8 Å². The summed E-state index contributed by atoms with van der Waals surface area (Å²) in [7, 11) is 0. The average molecular weight is 444 g/mol. The first-order chi connectivity index (χ1) is 14.7. The van der Waals surface area contributed by atoms with Gasteiger partial charge in [-0.25, -0.2) is 4.90 Å². The number of alkyl halides is 3. The smallest absolute Gasteiger partial charge is 0.274 e. The lowest BCUT2D eigenvalue weighted by Gasteiger charge is -2.21. The Morgan fingerprint density at radius 2 is 1.52 bits per heavy atom. The molecule has 3 nitrogen and oxygen atoms in total. The number of amides is 2. The van der Waals surface area contributed by atoms with E-state index in [0.29, 0.717) is 0 Å². The van der Waals surface area contributed by atoms with Gasteiger partial charge in [0.05, 0.1) is 28.1 Å². The van der Waals surface area contributed by atoms with Crippen LogP contribution in [0, 0.1) is 23.7 Å². The second kappa shape index (κ2) is 6.82. The molecule has 4 atom stereocenters. The van der Waals surface area contributed by atoms with Crippen LogP contribution in [0.25, 0.3) is 5.57 Å². The third-order valence-corrected chi connectivity index (χ3v) is 6.90. The molecule has 1 heterocycles. The summed E-state index contributed by atoms with van der Waals surface area (Å²) in [6.07, 6.45) is -0.783. The predicted octanol–water partition coefficient (Wildman–Crippen LogP) is 5.75. The van der Waals surface area contributed by atoms with Gasteiger partial charge in [-0.1, -0.05) is 59.7 Å². The number of hydrogen-bond donors (Lipinski definition) is 0. The number of rotatable bonds is 2. The summed E-state index contributed by atoms with van der Waals surface area (Å²) in [5.74, 6) is -2.57. The SMILES string of the molecule is CC(=C1[C@H]2C=C[C@H]1[C@@H]1C(=O)N(c3ccc(Cl)c(C(F)(F)F)c3)C(=O)[C@H]12)c1ccccc1. The summed E-state index contributed by atoms with van der Waals surface area (Å²) in [5, 5.41) is -0.471. The maximum absolute atomic E-state index is 13.3. The fraction of sp³-hybridized carbons (Fsp3) is 0.250. The monoisotopic (exact) mass is 443 g/mol. The molecule has 1 aliphatic heterocycles. The van der Waals surface area contributed by atoms with E-state index in [1.165, 1.54) is 6.07 Å². The number of carbonyl (C=O) groups is 2. The van der Waals surface area contributed by atoms with Gasteiger partial charge in [0.15, 0.2) is 0 Å². The molecule has 0 radical (unpaired) electrons. The Labute approximate surface area is 181 Å². The molecule has 0 unspecified atom stereocenters. The normalized spacial score (nSPS) is 26.7. The third kappa shape index (κ3) is 2.88. The van der Waals surface area contributed by atoms with Gasteiger partial charge in [0.1, 0.15) is 0 Å². The molecule has 31 heavy (non-hydrogen) atoms. The van der Waals surface area contributed by atoms with Gasteiger partial charge in [-0.15, -0.1) is 0 Å². The van der Waals surface area contributed by atoms with Gasteiger partial charge in [-0.05, 0) is 36.3 Å². The van der Waals surface area contributed by atoms with Crippen molar-refractivity contribution >= 4 is 34.7 Å². The van der Waals surface area contributed by atoms with E-state index in [1.54, 1.807) is 0 Å². The van der Waals surface area contributed by atoms with Crippen LogP contribution >= 0.6 is 11.6 Å². The molecule has 0 spiro atoms. The summed E-state index contributed by atoms with van der Waals surface area (Å²) in [5.41, 5.74) is 1.96. The quantitative estimate of drug-likeness (QED) is 0.437. The van der Waals surface area contributed by atoms with Crippen LogP contribution in [0.15, 0.2) is 66.3 Å². The molecule has 2 fully saturated rings. The van der Waals surface area contributed by atoms with E-state index >= 15 is 0 Å². The molecule has 3 aliphatic rings. The summed E-state index contributed by atoms with van der Waals surface area (Å²) >= 11 is 5.70. The fourth-order valence-electron chi connectivity index (χ4n) is 5.24. The second-order valence-corrected chi connectivity index (χ2v) is 8.52. The maximum atomic E-state index is 13.3. The molecule has 2 aliphatic carbocycles. The number of fused-ring (bicyclic) bond motifs is 5. The molecule has 5 rings (SSSR count). The molecule has 2 amide bonds. The summed E-state index contributed by atoms with van der Waals surface area (Å²) in [4.78, 5) is 27.5. The van der Waals surface area contributed by atoms with Crippen LogP contribution in [0.3, 0.4) is 0 Å². The number of imide groups is 1. The number of nitrogens with zero attached hydrogens (tertiary/aromatic N) is 1. The van der Waals surface area contributed by atoms with Crippen molar-refractivity contribution in [3.05, 3.63) is 82.4 Å². The molecule has 158 valence electrons. The van der Waals surface area contributed by atoms with Crippen LogP contribution in [0.2, 0.25) is 5.02 Å². The van der Waals surface area contributed by atoms with Gasteiger partial charge in [-0.2, -0.15) is 13.2 Å². The van der Waals surface area contributed by atoms with Gasteiger partial charge >= 0.3 is 6.18 Å². The zero-order valence-electron chi connectivity index (χ0n) is 16.4. The number of anilines is 1. The number of carbonyl (C=O) groups excluding carboxylic acids is 2. The second-order valence-electron chi connectivity index (χ2n) is 8.11. The van der Waals surface area contributed by atoms with E-state index in [4.69, 9.17) is 11.6 Å². The lowest BCUT2D eigenvalue weighted by Crippen LogP contribution is -2.33. The Hall–Kier alpha value is -2.86. The number of allylic oxidation sites excluding steroid dienone is 4. The molecule has 0 aromatic heterocycles. The number of hydrogen-bond acceptors (Lipinski definition) is 2. The Balaban J connectivity index is 1.54. The van der Waals surface area contributed by atoms with E-state index in [-0.39, 0.29) is 17.5 Å². The molecule has 1 saturated heterocycles. The highest BCUT2D eigenvalue weighted by atomic mass is 35.5. The minimum absolute atomic E-state index is 0.0918. The lowest BCUT2D eigenvalue weighted by atomic mass is 9.85. The third-order valence-electron chi connectivity index (χ3n) is 6.57. The van der Waals surface area contributed by atoms with Gasteiger partial charge < -0.3 is 0 Å². The highest BCUT2D eigenvalue weighted by Crippen LogP contribution is 2.58. The Morgan fingerprint density at radius 1 is 0.935 bits per heavy atom. The van der Waals surface area contributed by atoms with Crippen molar-refractivity contribution in [3.63, 3.8) is 0 Å². The average Bonchev–Trinajstić information content (AvgIpc) is 3.37. The Morgan fingerprint density at radius 3 is 2.06 bits per heavy atom. The minimum atomic E-state index is -4.68. The van der Waals surface area contributed by atoms with Crippen molar-refractivity contribution in [2.45, 2.75) is 13.1 Å². The van der Waals surface area contributed by atoms with Crippen LogP contribution in [-0.4, -0.2) is 11.8 Å². The summed E-state index contributed by atoms with van der Waals surface area (Å²) in [6.45, 7) is 1.99. The molecule has 2 aromatic carbocycles. The van der Waals surface area contributed by atoms with E-state index in [2.05, 4.69) is 0 Å². The van der Waals surface area contributed by atoms with Crippen molar-refractivity contribution in [2.24, 2.45) is 23.7 Å². The molecule has 2 aromatic rings. The fourth-order valence-corrected chi connectivity index (χ4v) is 5.47. The van der Waals surface area contributed by atoms with Crippen LogP contribution in [0.4, 0.5) is 18.9 Å². The minimum Gasteiger partial charge on any atom is -0.274 e. The molecule has 2 bridgehead atoms. The topological polar surface area (TPSA) is 37.4 Å². The molecule has 7 heteroatoms. The van der Waals surface area contributed by atoms with Crippen LogP contribution in [0.1, 0.15) is 18.1 Å². The standard InChI is InChI=1S/C24H17ClF3NO2/c1-12(13-5-3-2-4-6-13)19-15-8-9-16(19)21-20(15)22(30)29(23(21)31)14-7-10-18(25)17(11-14)24(26,27)28/h2-11,15-16,20-21H,1H3/t15-,16-,20+,21+/m1/s1. The van der Waals surface area contributed by atoms with Crippen molar-refractivity contribution in [1.82, 2.24) is 0 Å². The zero-order chi connectivity index (χ0) is 22.1. The summed E-state index contributed by atoms with van der Waals surface area (Å²) in [6, 6.07) is 12.9. The van der Waals surface area contributed by atoms with E-state index in [1.807, 2.05) is 49.4 Å². The van der Waals surface area contributed by atoms with E-state index in [9.17, 15) is 22.8 Å². The van der Waals surface area contributed by atoms with Crippen molar-refractivity contribution in [1.29, 1.82) is 0 Å². The molecule has 0 N–H and O–H groups in total. The maximum Gasteiger partial charge on any atom is 0.417 e. The Kier molecular flexibility index (Phi) is 4.42. The molecular formula is C24H17ClF3NO2. The van der Waals surface area contributed by atoms with Gasteiger partial charge in [-0.3, -0.25) is 9.59 Å². The lowest BCUT2D eigenvalue weighted by molar-refractivity contribution is -0.137. The first-order valence-corrected chi connectivity index (χ1v) is 10.3. The first kappa shape index (κ1) is 20.1. The van der Waals surface area contributed by atoms with Crippen molar-refractivity contribution in [3.8, 4) is 0 Å². The van der Waals surface area contributed by atoms with Crippen molar-refractivity contribution in [2.75, 3.05) is 4.90 Å². The van der Waals surface area contributed by atoms with Crippen LogP contribution in [0.5, 0.6) is 0 Å². The van der Waals surface area contributed by atoms with Gasteiger partial charge in [0.25, 0.3) is 0 Å². The zero-order valence-corrected chi connectivity index (χ0v) is 17.1. The summed E-state index contributed by atoms with van der Waals surface area (Å²) < 4.78 is 39.9. The Bertz CT molecular complexity index is 1140. The van der Waals surface area contributed by atoms with E-state index < -0.39 is 40.4 Å². The largest absolute Gasteiger partial charge is 0.417 e. The number of halogens is 4.